The second kappa shape index (κ2) is 6.20. The molecule has 3 rings (SSSR count). The summed E-state index contributed by atoms with van der Waals surface area (Å²) in [5.74, 6) is -2.86. The summed E-state index contributed by atoms with van der Waals surface area (Å²) < 4.78 is 11.1. The number of ether oxygens (including phenoxy) is 2. The minimum absolute atomic E-state index is 0.124. The Balaban J connectivity index is 2.14. The molecule has 0 aromatic heterocycles. The third-order valence-corrected chi connectivity index (χ3v) is 6.29. The van der Waals surface area contributed by atoms with Crippen molar-refractivity contribution < 1.29 is 29.0 Å². The molecule has 1 aliphatic heterocycles. The maximum atomic E-state index is 12.8. The lowest BCUT2D eigenvalue weighted by Crippen LogP contribution is -2.49. The Kier molecular flexibility index (Phi) is 4.43. The number of hydrogen-bond donors (Lipinski definition) is 1. The van der Waals surface area contributed by atoms with Crippen molar-refractivity contribution in [2.75, 3.05) is 0 Å². The number of carbonyl (C=O) groups is 3. The van der Waals surface area contributed by atoms with Gasteiger partial charge >= 0.3 is 11.9 Å². The summed E-state index contributed by atoms with van der Waals surface area (Å²) in [5, 5.41) is 10.8. The molecule has 7 atom stereocenters. The fourth-order valence-electron chi connectivity index (χ4n) is 4.44. The van der Waals surface area contributed by atoms with E-state index in [0.29, 0.717) is 5.57 Å². The van der Waals surface area contributed by atoms with E-state index in [4.69, 9.17) is 9.47 Å². The van der Waals surface area contributed by atoms with Crippen LogP contribution in [0.5, 0.6) is 0 Å². The summed E-state index contributed by atoms with van der Waals surface area (Å²) in [6.45, 7) is 10.7. The molecule has 0 radical (unpaired) electrons. The van der Waals surface area contributed by atoms with Gasteiger partial charge in [0.15, 0.2) is 5.78 Å². The van der Waals surface area contributed by atoms with Crippen LogP contribution in [0.25, 0.3) is 0 Å². The Morgan fingerprint density at radius 2 is 2.08 bits per heavy atom. The van der Waals surface area contributed by atoms with Gasteiger partial charge in [-0.25, -0.2) is 9.59 Å². The van der Waals surface area contributed by atoms with Crippen LogP contribution in [-0.2, 0) is 23.9 Å². The number of esters is 2. The topological polar surface area (TPSA) is 89.9 Å². The van der Waals surface area contributed by atoms with Crippen molar-refractivity contribution in [1.82, 2.24) is 0 Å². The smallest absolute Gasteiger partial charge is 0.334 e. The first kappa shape index (κ1) is 18.6. The highest BCUT2D eigenvalue weighted by atomic mass is 16.6. The van der Waals surface area contributed by atoms with Crippen LogP contribution in [0.3, 0.4) is 0 Å². The van der Waals surface area contributed by atoms with Crippen LogP contribution in [0.1, 0.15) is 27.7 Å². The van der Waals surface area contributed by atoms with Gasteiger partial charge in [0.05, 0.1) is 17.4 Å². The molecule has 0 aromatic rings. The first-order valence-electron chi connectivity index (χ1n) is 8.79. The SMILES string of the molecule is C=C1C(=O)O[C@@H]2[C@H](O)[C@@H](C)[C@@H]3C=CC(=O)C3(C)[C@@H](OC(=O)/C(C)=C\C)[C@H]12. The van der Waals surface area contributed by atoms with Crippen molar-refractivity contribution in [3.8, 4) is 0 Å². The second-order valence-corrected chi connectivity index (χ2v) is 7.60. The average molecular weight is 360 g/mol. The molecule has 1 unspecified atom stereocenters. The second-order valence-electron chi connectivity index (χ2n) is 7.60. The van der Waals surface area contributed by atoms with E-state index in [1.165, 1.54) is 6.08 Å². The van der Waals surface area contributed by atoms with Gasteiger partial charge in [-0.05, 0) is 38.7 Å². The van der Waals surface area contributed by atoms with Crippen LogP contribution in [0, 0.1) is 23.2 Å². The molecule has 6 heteroatoms. The van der Waals surface area contributed by atoms with Gasteiger partial charge in [0.1, 0.15) is 12.2 Å². The van der Waals surface area contributed by atoms with Crippen molar-refractivity contribution in [2.45, 2.75) is 46.0 Å². The molecular formula is C20H24O6. The largest absolute Gasteiger partial charge is 0.457 e. The Morgan fingerprint density at radius 3 is 2.69 bits per heavy atom. The van der Waals surface area contributed by atoms with Gasteiger partial charge in [0.2, 0.25) is 0 Å². The Hall–Kier alpha value is -2.21. The number of aliphatic hydroxyl groups excluding tert-OH is 1. The molecule has 1 N–H and O–H groups in total. The van der Waals surface area contributed by atoms with Crippen LogP contribution in [0.15, 0.2) is 36.0 Å². The predicted molar refractivity (Wildman–Crippen MR) is 92.7 cm³/mol. The molecule has 0 spiro atoms. The third-order valence-electron chi connectivity index (χ3n) is 6.29. The predicted octanol–water partition coefficient (Wildman–Crippen LogP) is 1.73. The van der Waals surface area contributed by atoms with Crippen LogP contribution in [0.2, 0.25) is 0 Å². The van der Waals surface area contributed by atoms with Crippen LogP contribution in [-0.4, -0.2) is 41.1 Å². The van der Waals surface area contributed by atoms with E-state index in [0.717, 1.165) is 0 Å². The zero-order valence-electron chi connectivity index (χ0n) is 15.4. The molecular weight excluding hydrogens is 336 g/mol. The normalized spacial score (nSPS) is 42.2. The summed E-state index contributed by atoms with van der Waals surface area (Å²) in [7, 11) is 0. The minimum Gasteiger partial charge on any atom is -0.457 e. The standard InChI is InChI=1S/C20H24O6/c1-6-9(2)18(23)26-17-14-11(4)19(24)25-16(14)15(22)10(3)12-7-8-13(21)20(12,17)5/h6-8,10,12,14-17,22H,4H2,1-3,5H3/b9-6-/t10-,12-,14+,15+,16-,17-,20?/m0/s1. The summed E-state index contributed by atoms with van der Waals surface area (Å²) in [4.78, 5) is 37.4. The Labute approximate surface area is 152 Å². The highest BCUT2D eigenvalue weighted by Crippen LogP contribution is 2.54. The Bertz CT molecular complexity index is 747. The maximum absolute atomic E-state index is 12.8. The van der Waals surface area contributed by atoms with Crippen LogP contribution in [0.4, 0.5) is 0 Å². The monoisotopic (exact) mass is 360 g/mol. The third kappa shape index (κ3) is 2.39. The lowest BCUT2D eigenvalue weighted by atomic mass is 9.67. The summed E-state index contributed by atoms with van der Waals surface area (Å²) in [5.41, 5.74) is -0.576. The molecule has 0 amide bonds. The number of ketones is 1. The highest BCUT2D eigenvalue weighted by molar-refractivity contribution is 5.99. The first-order chi connectivity index (χ1) is 12.1. The molecule has 1 heterocycles. The van der Waals surface area contributed by atoms with E-state index >= 15 is 0 Å². The molecule has 0 aromatic carbocycles. The van der Waals surface area contributed by atoms with Gasteiger partial charge in [-0.2, -0.15) is 0 Å². The van der Waals surface area contributed by atoms with E-state index < -0.39 is 41.6 Å². The van der Waals surface area contributed by atoms with Crippen LogP contribution < -0.4 is 0 Å². The fourth-order valence-corrected chi connectivity index (χ4v) is 4.44. The van der Waals surface area contributed by atoms with Crippen molar-refractivity contribution in [3.05, 3.63) is 36.0 Å². The van der Waals surface area contributed by atoms with Gasteiger partial charge in [-0.1, -0.05) is 25.7 Å². The van der Waals surface area contributed by atoms with Crippen molar-refractivity contribution in [2.24, 2.45) is 23.2 Å². The van der Waals surface area contributed by atoms with Crippen molar-refractivity contribution in [3.63, 3.8) is 0 Å². The zero-order valence-corrected chi connectivity index (χ0v) is 15.4. The van der Waals surface area contributed by atoms with Gasteiger partial charge in [0.25, 0.3) is 0 Å². The van der Waals surface area contributed by atoms with Crippen LogP contribution >= 0.6 is 0 Å². The summed E-state index contributed by atoms with van der Waals surface area (Å²) in [6.07, 6.45) is 2.00. The summed E-state index contributed by atoms with van der Waals surface area (Å²) >= 11 is 0. The van der Waals surface area contributed by atoms with E-state index in [1.54, 1.807) is 32.9 Å². The fraction of sp³-hybridized carbons (Fsp3) is 0.550. The Morgan fingerprint density at radius 1 is 1.42 bits per heavy atom. The minimum atomic E-state index is -1.10. The van der Waals surface area contributed by atoms with E-state index in [1.807, 2.05) is 6.92 Å². The van der Waals surface area contributed by atoms with E-state index in [-0.39, 0.29) is 23.2 Å². The van der Waals surface area contributed by atoms with E-state index in [2.05, 4.69) is 6.58 Å². The lowest BCUT2D eigenvalue weighted by Gasteiger charge is -2.39. The first-order valence-corrected chi connectivity index (χ1v) is 8.79. The molecule has 140 valence electrons. The van der Waals surface area contributed by atoms with Crippen molar-refractivity contribution in [1.29, 1.82) is 0 Å². The van der Waals surface area contributed by atoms with Gasteiger partial charge in [-0.3, -0.25) is 4.79 Å². The molecule has 26 heavy (non-hydrogen) atoms. The van der Waals surface area contributed by atoms with Gasteiger partial charge in [-0.15, -0.1) is 0 Å². The number of fused-ring (bicyclic) bond motifs is 2. The molecule has 6 nitrogen and oxygen atoms in total. The molecule has 2 aliphatic carbocycles. The molecule has 3 aliphatic rings. The molecule has 1 saturated heterocycles. The van der Waals surface area contributed by atoms with E-state index in [9.17, 15) is 19.5 Å². The lowest BCUT2D eigenvalue weighted by molar-refractivity contribution is -0.161. The van der Waals surface area contributed by atoms with Crippen molar-refractivity contribution >= 4 is 17.7 Å². The number of hydrogen-bond acceptors (Lipinski definition) is 6. The zero-order chi connectivity index (χ0) is 19.4. The molecule has 1 saturated carbocycles. The maximum Gasteiger partial charge on any atom is 0.334 e. The quantitative estimate of drug-likeness (QED) is 0.596. The number of carbonyl (C=O) groups excluding carboxylic acids is 3. The highest BCUT2D eigenvalue weighted by Gasteiger charge is 2.64. The number of allylic oxidation sites excluding steroid dienone is 3. The van der Waals surface area contributed by atoms with Gasteiger partial charge < -0.3 is 14.6 Å². The molecule has 0 bridgehead atoms. The van der Waals surface area contributed by atoms with Gasteiger partial charge in [0, 0.05) is 11.1 Å². The number of rotatable bonds is 2. The molecule has 2 fully saturated rings. The average Bonchev–Trinajstić information content (AvgIpc) is 3.06. The summed E-state index contributed by atoms with van der Waals surface area (Å²) in [6, 6.07) is 0. The number of aliphatic hydroxyl groups is 1.